The molecule has 0 fully saturated rings. The summed E-state index contributed by atoms with van der Waals surface area (Å²) in [7, 11) is -3.96. The fourth-order valence-electron chi connectivity index (χ4n) is 2.13. The van der Waals surface area contributed by atoms with Gasteiger partial charge < -0.3 is 0 Å². The van der Waals surface area contributed by atoms with E-state index in [0.717, 1.165) is 12.1 Å². The third-order valence-corrected chi connectivity index (χ3v) is 4.94. The number of hydrogen-bond donors (Lipinski definition) is 1. The van der Waals surface area contributed by atoms with Crippen molar-refractivity contribution >= 4 is 27.3 Å². The van der Waals surface area contributed by atoms with Gasteiger partial charge in [0.05, 0.1) is 0 Å². The van der Waals surface area contributed by atoms with Crippen LogP contribution in [0.5, 0.6) is 0 Å². The normalized spacial score (nSPS) is 11.9. The number of rotatable bonds is 5. The molecule has 6 nitrogen and oxygen atoms in total. The first kappa shape index (κ1) is 15.9. The van der Waals surface area contributed by atoms with E-state index in [4.69, 9.17) is 11.6 Å². The highest BCUT2D eigenvalue weighted by Crippen LogP contribution is 2.18. The second-order valence-corrected chi connectivity index (χ2v) is 6.94. The molecule has 0 radical (unpaired) electrons. The quantitative estimate of drug-likeness (QED) is 0.760. The van der Waals surface area contributed by atoms with Gasteiger partial charge in [0.15, 0.2) is 5.65 Å². The minimum absolute atomic E-state index is 0.0695. The number of pyridine rings is 1. The van der Waals surface area contributed by atoms with Gasteiger partial charge in [0.1, 0.15) is 16.5 Å². The van der Waals surface area contributed by atoms with Crippen LogP contribution < -0.4 is 4.72 Å². The van der Waals surface area contributed by atoms with E-state index < -0.39 is 20.7 Å². The van der Waals surface area contributed by atoms with E-state index in [1.165, 1.54) is 6.07 Å². The molecule has 23 heavy (non-hydrogen) atoms. The van der Waals surface area contributed by atoms with Crippen molar-refractivity contribution in [2.24, 2.45) is 0 Å². The van der Waals surface area contributed by atoms with E-state index in [2.05, 4.69) is 14.9 Å². The standard InChI is InChI=1S/C14H12ClFN4O2S/c15-10-4-5-12(11(16)9-10)23(21,22)17-7-6-14-19-18-13-3-1-2-8-20(13)14/h1-5,8-9,17H,6-7H2. The lowest BCUT2D eigenvalue weighted by atomic mass is 10.3. The summed E-state index contributed by atoms with van der Waals surface area (Å²) in [6, 6.07) is 8.87. The molecule has 0 saturated carbocycles. The number of nitrogens with zero attached hydrogens (tertiary/aromatic N) is 3. The lowest BCUT2D eigenvalue weighted by Crippen LogP contribution is -2.27. The highest BCUT2D eigenvalue weighted by atomic mass is 35.5. The molecule has 0 spiro atoms. The summed E-state index contributed by atoms with van der Waals surface area (Å²) < 4.78 is 42.1. The Bertz CT molecular complexity index is 958. The number of halogens is 2. The van der Waals surface area contributed by atoms with Crippen LogP contribution in [0.1, 0.15) is 5.82 Å². The van der Waals surface area contributed by atoms with Crippen LogP contribution in [0.25, 0.3) is 5.65 Å². The van der Waals surface area contributed by atoms with Crippen LogP contribution in [-0.2, 0) is 16.4 Å². The van der Waals surface area contributed by atoms with Crippen LogP contribution in [0.2, 0.25) is 5.02 Å². The minimum atomic E-state index is -3.96. The predicted molar refractivity (Wildman–Crippen MR) is 83.3 cm³/mol. The van der Waals surface area contributed by atoms with Gasteiger partial charge in [-0.05, 0) is 30.3 Å². The van der Waals surface area contributed by atoms with Crippen LogP contribution in [0.3, 0.4) is 0 Å². The molecule has 0 aliphatic rings. The molecule has 0 aliphatic heterocycles. The van der Waals surface area contributed by atoms with E-state index in [1.54, 1.807) is 16.7 Å². The van der Waals surface area contributed by atoms with Gasteiger partial charge in [0, 0.05) is 24.2 Å². The number of benzene rings is 1. The van der Waals surface area contributed by atoms with Crippen LogP contribution in [0.15, 0.2) is 47.5 Å². The fraction of sp³-hybridized carbons (Fsp3) is 0.143. The van der Waals surface area contributed by atoms with Gasteiger partial charge >= 0.3 is 0 Å². The molecule has 120 valence electrons. The van der Waals surface area contributed by atoms with Crippen molar-refractivity contribution in [1.82, 2.24) is 19.3 Å². The van der Waals surface area contributed by atoms with Crippen molar-refractivity contribution < 1.29 is 12.8 Å². The summed E-state index contributed by atoms with van der Waals surface area (Å²) in [6.45, 7) is 0.0695. The van der Waals surface area contributed by atoms with Crippen molar-refractivity contribution in [2.75, 3.05) is 6.54 Å². The van der Waals surface area contributed by atoms with Gasteiger partial charge in [-0.3, -0.25) is 4.40 Å². The molecule has 0 aliphatic carbocycles. The van der Waals surface area contributed by atoms with Crippen molar-refractivity contribution in [1.29, 1.82) is 0 Å². The maximum absolute atomic E-state index is 13.7. The average molecular weight is 355 g/mol. The number of nitrogens with one attached hydrogen (secondary N) is 1. The maximum Gasteiger partial charge on any atom is 0.243 e. The van der Waals surface area contributed by atoms with Crippen LogP contribution >= 0.6 is 11.6 Å². The van der Waals surface area contributed by atoms with E-state index in [9.17, 15) is 12.8 Å². The summed E-state index contributed by atoms with van der Waals surface area (Å²) in [6.07, 6.45) is 2.11. The largest absolute Gasteiger partial charge is 0.286 e. The summed E-state index contributed by atoms with van der Waals surface area (Å²) in [5.74, 6) is -0.280. The fourth-order valence-corrected chi connectivity index (χ4v) is 3.38. The second-order valence-electron chi connectivity index (χ2n) is 4.77. The molecule has 0 saturated heterocycles. The number of aromatic nitrogens is 3. The molecular formula is C14H12ClFN4O2S. The molecule has 2 heterocycles. The van der Waals surface area contributed by atoms with Gasteiger partial charge in [0.25, 0.3) is 0 Å². The minimum Gasteiger partial charge on any atom is -0.286 e. The highest BCUT2D eigenvalue weighted by Gasteiger charge is 2.19. The third-order valence-electron chi connectivity index (χ3n) is 3.21. The molecule has 2 aromatic heterocycles. The predicted octanol–water partition coefficient (Wildman–Crippen LogP) is 2.04. The molecule has 1 aromatic carbocycles. The van der Waals surface area contributed by atoms with E-state index in [0.29, 0.717) is 17.9 Å². The highest BCUT2D eigenvalue weighted by molar-refractivity contribution is 7.89. The maximum atomic E-state index is 13.7. The monoisotopic (exact) mass is 354 g/mol. The molecule has 0 bridgehead atoms. The molecule has 3 rings (SSSR count). The molecule has 0 amide bonds. The molecule has 0 unspecified atom stereocenters. The van der Waals surface area contributed by atoms with E-state index in [-0.39, 0.29) is 11.6 Å². The van der Waals surface area contributed by atoms with Crippen molar-refractivity contribution in [3.05, 3.63) is 59.3 Å². The molecular weight excluding hydrogens is 343 g/mol. The van der Waals surface area contributed by atoms with Crippen LogP contribution in [0, 0.1) is 5.82 Å². The summed E-state index contributed by atoms with van der Waals surface area (Å²) in [5.41, 5.74) is 0.675. The number of hydrogen-bond acceptors (Lipinski definition) is 4. The molecule has 3 aromatic rings. The smallest absolute Gasteiger partial charge is 0.243 e. The second kappa shape index (κ2) is 6.23. The first-order valence-corrected chi connectivity index (χ1v) is 8.57. The Hall–Kier alpha value is -2.03. The Morgan fingerprint density at radius 1 is 1.22 bits per heavy atom. The SMILES string of the molecule is O=S(=O)(NCCc1nnc2ccccn12)c1ccc(Cl)cc1F. The number of fused-ring (bicyclic) bond motifs is 1. The topological polar surface area (TPSA) is 76.4 Å². The van der Waals surface area contributed by atoms with E-state index in [1.807, 2.05) is 12.1 Å². The van der Waals surface area contributed by atoms with E-state index >= 15 is 0 Å². The van der Waals surface area contributed by atoms with Crippen molar-refractivity contribution in [2.45, 2.75) is 11.3 Å². The Morgan fingerprint density at radius 2 is 2.04 bits per heavy atom. The summed E-state index contributed by atoms with van der Waals surface area (Å²) in [4.78, 5) is -0.437. The van der Waals surface area contributed by atoms with Gasteiger partial charge in [-0.2, -0.15) is 0 Å². The van der Waals surface area contributed by atoms with Crippen LogP contribution in [-0.4, -0.2) is 29.6 Å². The van der Waals surface area contributed by atoms with Crippen molar-refractivity contribution in [3.63, 3.8) is 0 Å². The summed E-state index contributed by atoms with van der Waals surface area (Å²) >= 11 is 5.62. The van der Waals surface area contributed by atoms with Gasteiger partial charge in [-0.1, -0.05) is 17.7 Å². The first-order valence-electron chi connectivity index (χ1n) is 6.71. The van der Waals surface area contributed by atoms with Gasteiger partial charge in [-0.15, -0.1) is 10.2 Å². The Morgan fingerprint density at radius 3 is 2.83 bits per heavy atom. The Labute approximate surface area is 137 Å². The summed E-state index contributed by atoms with van der Waals surface area (Å²) in [5, 5.41) is 8.12. The van der Waals surface area contributed by atoms with Gasteiger partial charge in [0.2, 0.25) is 10.0 Å². The third kappa shape index (κ3) is 3.34. The van der Waals surface area contributed by atoms with Gasteiger partial charge in [-0.25, -0.2) is 17.5 Å². The van der Waals surface area contributed by atoms with Crippen LogP contribution in [0.4, 0.5) is 4.39 Å². The average Bonchev–Trinajstić information content (AvgIpc) is 2.90. The van der Waals surface area contributed by atoms with Crippen molar-refractivity contribution in [3.8, 4) is 0 Å². The molecule has 0 atom stereocenters. The Kier molecular flexibility index (Phi) is 4.29. The lowest BCUT2D eigenvalue weighted by molar-refractivity contribution is 0.556. The zero-order chi connectivity index (χ0) is 16.4. The number of sulfonamides is 1. The Balaban J connectivity index is 1.72. The molecule has 1 N–H and O–H groups in total. The lowest BCUT2D eigenvalue weighted by Gasteiger charge is -2.07. The first-order chi connectivity index (χ1) is 11.0. The zero-order valence-electron chi connectivity index (χ0n) is 11.8. The zero-order valence-corrected chi connectivity index (χ0v) is 13.4. The molecule has 9 heteroatoms.